The fraction of sp³-hybridized carbons (Fsp3) is 0.400. The van der Waals surface area contributed by atoms with Crippen molar-refractivity contribution in [2.75, 3.05) is 6.54 Å². The molecular weight excluding hydrogens is 302 g/mol. The van der Waals surface area contributed by atoms with Gasteiger partial charge in [0, 0.05) is 15.7 Å². The van der Waals surface area contributed by atoms with Gasteiger partial charge in [0.05, 0.1) is 11.7 Å². The predicted octanol–water partition coefficient (Wildman–Crippen LogP) is 3.96. The summed E-state index contributed by atoms with van der Waals surface area (Å²) in [5.41, 5.74) is 3.37. The topological polar surface area (TPSA) is 40.7 Å². The average Bonchev–Trinajstić information content (AvgIpc) is 2.83. The van der Waals surface area contributed by atoms with Gasteiger partial charge in [-0.2, -0.15) is 0 Å². The number of imidazole rings is 1. The van der Waals surface area contributed by atoms with E-state index in [2.05, 4.69) is 57.4 Å². The van der Waals surface area contributed by atoms with Crippen molar-refractivity contribution in [2.24, 2.45) is 0 Å². The van der Waals surface area contributed by atoms with Crippen molar-refractivity contribution in [3.63, 3.8) is 0 Å². The lowest BCUT2D eigenvalue weighted by atomic mass is 10.0. The Morgan fingerprint density at radius 3 is 2.68 bits per heavy atom. The Morgan fingerprint density at radius 1 is 1.21 bits per heavy atom. The zero-order valence-electron chi connectivity index (χ0n) is 11.0. The van der Waals surface area contributed by atoms with Crippen molar-refractivity contribution in [1.29, 1.82) is 0 Å². The van der Waals surface area contributed by atoms with E-state index in [1.807, 2.05) is 0 Å². The average molecular weight is 320 g/mol. The Balaban J connectivity index is 1.90. The summed E-state index contributed by atoms with van der Waals surface area (Å²) in [5.74, 6) is 1.08. The summed E-state index contributed by atoms with van der Waals surface area (Å²) in [4.78, 5) is 8.24. The Hall–Kier alpha value is -1.13. The summed E-state index contributed by atoms with van der Waals surface area (Å²) in [7, 11) is 0. The van der Waals surface area contributed by atoms with Crippen molar-refractivity contribution in [2.45, 2.75) is 32.2 Å². The van der Waals surface area contributed by atoms with Crippen LogP contribution in [0, 0.1) is 6.92 Å². The summed E-state index contributed by atoms with van der Waals surface area (Å²) in [6, 6.07) is 8.71. The van der Waals surface area contributed by atoms with Gasteiger partial charge in [0.15, 0.2) is 0 Å². The van der Waals surface area contributed by atoms with Crippen molar-refractivity contribution >= 4 is 15.9 Å². The van der Waals surface area contributed by atoms with Gasteiger partial charge in [-0.25, -0.2) is 4.98 Å². The molecule has 0 bridgehead atoms. The van der Waals surface area contributed by atoms with E-state index < -0.39 is 0 Å². The summed E-state index contributed by atoms with van der Waals surface area (Å²) >= 11 is 3.47. The van der Waals surface area contributed by atoms with Gasteiger partial charge in [0.2, 0.25) is 0 Å². The first-order valence-corrected chi connectivity index (χ1v) is 7.59. The van der Waals surface area contributed by atoms with Crippen LogP contribution in [0.15, 0.2) is 28.7 Å². The highest BCUT2D eigenvalue weighted by atomic mass is 79.9. The molecule has 4 heteroatoms. The number of nitrogens with zero attached hydrogens (tertiary/aromatic N) is 1. The molecule has 2 heterocycles. The van der Waals surface area contributed by atoms with Gasteiger partial charge in [0.25, 0.3) is 0 Å². The first-order chi connectivity index (χ1) is 9.24. The third kappa shape index (κ3) is 2.74. The zero-order chi connectivity index (χ0) is 13.2. The van der Waals surface area contributed by atoms with Crippen molar-refractivity contribution in [3.05, 3.63) is 40.3 Å². The van der Waals surface area contributed by atoms with E-state index in [4.69, 9.17) is 4.98 Å². The van der Waals surface area contributed by atoms with E-state index in [1.165, 1.54) is 24.8 Å². The molecule has 2 aromatic rings. The quantitative estimate of drug-likeness (QED) is 0.879. The van der Waals surface area contributed by atoms with Crippen LogP contribution < -0.4 is 5.32 Å². The highest BCUT2D eigenvalue weighted by Crippen LogP contribution is 2.27. The predicted molar refractivity (Wildman–Crippen MR) is 81.1 cm³/mol. The zero-order valence-corrected chi connectivity index (χ0v) is 12.6. The second kappa shape index (κ2) is 5.47. The van der Waals surface area contributed by atoms with Crippen molar-refractivity contribution in [3.8, 4) is 11.3 Å². The maximum absolute atomic E-state index is 4.80. The molecule has 1 aromatic heterocycles. The minimum Gasteiger partial charge on any atom is -0.344 e. The minimum absolute atomic E-state index is 0.386. The molecule has 1 saturated heterocycles. The van der Waals surface area contributed by atoms with Gasteiger partial charge in [-0.15, -0.1) is 0 Å². The van der Waals surface area contributed by atoms with Gasteiger partial charge in [0.1, 0.15) is 5.82 Å². The molecule has 1 aromatic carbocycles. The summed E-state index contributed by atoms with van der Waals surface area (Å²) in [6.07, 6.45) is 3.73. The van der Waals surface area contributed by atoms with E-state index in [0.717, 1.165) is 28.2 Å². The smallest absolute Gasteiger partial charge is 0.124 e. The SMILES string of the molecule is Cc1[nH]c(C2CCCCN2)nc1-c1ccc(Br)cc1. The molecule has 19 heavy (non-hydrogen) atoms. The largest absolute Gasteiger partial charge is 0.344 e. The number of piperidine rings is 1. The molecule has 1 aliphatic heterocycles. The number of aryl methyl sites for hydroxylation is 1. The number of rotatable bonds is 2. The van der Waals surface area contributed by atoms with Crippen LogP contribution in [-0.2, 0) is 0 Å². The van der Waals surface area contributed by atoms with Gasteiger partial charge < -0.3 is 10.3 Å². The Morgan fingerprint density at radius 2 is 2.00 bits per heavy atom. The molecule has 0 amide bonds. The number of H-pyrrole nitrogens is 1. The summed E-state index contributed by atoms with van der Waals surface area (Å²) in [6.45, 7) is 3.19. The summed E-state index contributed by atoms with van der Waals surface area (Å²) < 4.78 is 1.10. The third-order valence-corrected chi connectivity index (χ3v) is 4.19. The maximum atomic E-state index is 4.80. The van der Waals surface area contributed by atoms with E-state index in [9.17, 15) is 0 Å². The van der Waals surface area contributed by atoms with E-state index in [-0.39, 0.29) is 0 Å². The number of hydrogen-bond acceptors (Lipinski definition) is 2. The molecule has 0 spiro atoms. The van der Waals surface area contributed by atoms with Gasteiger partial charge in [-0.1, -0.05) is 34.5 Å². The van der Waals surface area contributed by atoms with E-state index in [1.54, 1.807) is 0 Å². The standard InChI is InChI=1S/C15H18BrN3/c1-10-14(11-5-7-12(16)8-6-11)19-15(18-10)13-4-2-3-9-17-13/h5-8,13,17H,2-4,9H2,1H3,(H,18,19). The molecule has 0 saturated carbocycles. The lowest BCUT2D eigenvalue weighted by molar-refractivity contribution is 0.399. The second-order valence-electron chi connectivity index (χ2n) is 5.11. The molecule has 3 nitrogen and oxygen atoms in total. The first-order valence-electron chi connectivity index (χ1n) is 6.80. The van der Waals surface area contributed by atoms with Crippen molar-refractivity contribution < 1.29 is 0 Å². The highest BCUT2D eigenvalue weighted by Gasteiger charge is 2.19. The molecule has 100 valence electrons. The van der Waals surface area contributed by atoms with Crippen LogP contribution in [0.25, 0.3) is 11.3 Å². The fourth-order valence-electron chi connectivity index (χ4n) is 2.62. The van der Waals surface area contributed by atoms with Crippen molar-refractivity contribution in [1.82, 2.24) is 15.3 Å². The van der Waals surface area contributed by atoms with Crippen LogP contribution in [0.1, 0.15) is 36.8 Å². The van der Waals surface area contributed by atoms with E-state index >= 15 is 0 Å². The molecular formula is C15H18BrN3. The summed E-state index contributed by atoms with van der Waals surface area (Å²) in [5, 5.41) is 3.54. The number of halogens is 1. The molecule has 1 fully saturated rings. The number of hydrogen-bond donors (Lipinski definition) is 2. The van der Waals surface area contributed by atoms with Gasteiger partial charge >= 0.3 is 0 Å². The lowest BCUT2D eigenvalue weighted by Gasteiger charge is -2.21. The van der Waals surface area contributed by atoms with E-state index in [0.29, 0.717) is 6.04 Å². The van der Waals surface area contributed by atoms with Crippen LogP contribution in [0.3, 0.4) is 0 Å². The minimum atomic E-state index is 0.386. The molecule has 3 rings (SSSR count). The highest BCUT2D eigenvalue weighted by molar-refractivity contribution is 9.10. The monoisotopic (exact) mass is 319 g/mol. The number of nitrogens with one attached hydrogen (secondary N) is 2. The number of aromatic nitrogens is 2. The number of aromatic amines is 1. The molecule has 2 N–H and O–H groups in total. The first kappa shape index (κ1) is 12.9. The molecule has 0 aliphatic carbocycles. The molecule has 1 atom stereocenters. The van der Waals surface area contributed by atoms with Crippen LogP contribution in [0.2, 0.25) is 0 Å². The second-order valence-corrected chi connectivity index (χ2v) is 6.02. The lowest BCUT2D eigenvalue weighted by Crippen LogP contribution is -2.27. The van der Waals surface area contributed by atoms with Crippen LogP contribution in [0.4, 0.5) is 0 Å². The normalized spacial score (nSPS) is 19.6. The maximum Gasteiger partial charge on any atom is 0.124 e. The fourth-order valence-corrected chi connectivity index (χ4v) is 2.89. The van der Waals surface area contributed by atoms with Crippen LogP contribution >= 0.6 is 15.9 Å². The Bertz CT molecular complexity index is 553. The molecule has 1 aliphatic rings. The third-order valence-electron chi connectivity index (χ3n) is 3.66. The van der Waals surface area contributed by atoms with Crippen LogP contribution in [-0.4, -0.2) is 16.5 Å². The van der Waals surface area contributed by atoms with Gasteiger partial charge in [-0.05, 0) is 38.4 Å². The number of benzene rings is 1. The van der Waals surface area contributed by atoms with Crippen LogP contribution in [0.5, 0.6) is 0 Å². The molecule has 0 radical (unpaired) electrons. The Labute approximate surface area is 122 Å². The van der Waals surface area contributed by atoms with Gasteiger partial charge in [-0.3, -0.25) is 0 Å². The molecule has 1 unspecified atom stereocenters. The Kier molecular flexibility index (Phi) is 3.71.